The zero-order chi connectivity index (χ0) is 11.1. The van der Waals surface area contributed by atoms with Crippen molar-refractivity contribution >= 4 is 18.0 Å². The molecule has 0 spiro atoms. The van der Waals surface area contributed by atoms with Crippen LogP contribution < -0.4 is 0 Å². The molecule has 0 aromatic heterocycles. The molecule has 0 radical (unpaired) electrons. The molecule has 1 aromatic rings. The first-order valence-corrected chi connectivity index (χ1v) is 6.45. The summed E-state index contributed by atoms with van der Waals surface area (Å²) in [4.78, 5) is 12.0. The summed E-state index contributed by atoms with van der Waals surface area (Å²) in [6, 6.07) is 6.07. The minimum atomic E-state index is 0.830. The average molecular weight is 222 g/mol. The van der Waals surface area contributed by atoms with E-state index in [1.54, 1.807) is 11.8 Å². The molecular weight excluding hydrogens is 204 g/mol. The lowest BCUT2D eigenvalue weighted by atomic mass is 10.2. The van der Waals surface area contributed by atoms with Gasteiger partial charge < -0.3 is 0 Å². The van der Waals surface area contributed by atoms with Gasteiger partial charge in [-0.1, -0.05) is 31.4 Å². The number of unbranched alkanes of at least 4 members (excludes halogenated alkanes) is 2. The van der Waals surface area contributed by atoms with E-state index in [2.05, 4.69) is 19.1 Å². The van der Waals surface area contributed by atoms with Gasteiger partial charge in [-0.3, -0.25) is 4.79 Å². The van der Waals surface area contributed by atoms with Crippen molar-refractivity contribution in [2.75, 3.05) is 5.75 Å². The van der Waals surface area contributed by atoms with E-state index >= 15 is 0 Å². The van der Waals surface area contributed by atoms with Crippen LogP contribution >= 0.6 is 11.8 Å². The molecule has 0 N–H and O–H groups in total. The van der Waals surface area contributed by atoms with Crippen LogP contribution in [0.3, 0.4) is 0 Å². The summed E-state index contributed by atoms with van der Waals surface area (Å²) in [6.45, 7) is 4.21. The van der Waals surface area contributed by atoms with E-state index < -0.39 is 0 Å². The summed E-state index contributed by atoms with van der Waals surface area (Å²) in [5.41, 5.74) is 1.98. The predicted molar refractivity (Wildman–Crippen MR) is 66.8 cm³/mol. The zero-order valence-corrected chi connectivity index (χ0v) is 10.3. The fraction of sp³-hybridized carbons (Fsp3) is 0.462. The lowest BCUT2D eigenvalue weighted by Gasteiger charge is -2.05. The number of hydrogen-bond acceptors (Lipinski definition) is 2. The van der Waals surface area contributed by atoms with Crippen molar-refractivity contribution in [2.45, 2.75) is 38.0 Å². The smallest absolute Gasteiger partial charge is 0.151 e. The van der Waals surface area contributed by atoms with Crippen molar-refractivity contribution in [1.82, 2.24) is 0 Å². The molecule has 1 nitrogen and oxygen atoms in total. The van der Waals surface area contributed by atoms with Crippen molar-refractivity contribution in [3.63, 3.8) is 0 Å². The second-order valence-corrected chi connectivity index (χ2v) is 4.85. The van der Waals surface area contributed by atoms with Crippen molar-refractivity contribution in [3.8, 4) is 0 Å². The highest BCUT2D eigenvalue weighted by atomic mass is 32.2. The minimum absolute atomic E-state index is 0.830. The van der Waals surface area contributed by atoms with Gasteiger partial charge in [0, 0.05) is 10.5 Å². The number of aryl methyl sites for hydroxylation is 1. The fourth-order valence-electron chi connectivity index (χ4n) is 1.43. The quantitative estimate of drug-likeness (QED) is 0.409. The van der Waals surface area contributed by atoms with Crippen LogP contribution in [0.25, 0.3) is 0 Å². The highest BCUT2D eigenvalue weighted by molar-refractivity contribution is 7.99. The van der Waals surface area contributed by atoms with E-state index in [1.807, 2.05) is 13.0 Å². The second-order valence-electron chi connectivity index (χ2n) is 3.71. The van der Waals surface area contributed by atoms with Crippen molar-refractivity contribution < 1.29 is 4.79 Å². The van der Waals surface area contributed by atoms with Gasteiger partial charge in [-0.15, -0.1) is 11.8 Å². The Bertz CT molecular complexity index is 320. The maximum atomic E-state index is 10.9. The van der Waals surface area contributed by atoms with Gasteiger partial charge in [-0.2, -0.15) is 0 Å². The normalized spacial score (nSPS) is 10.3. The van der Waals surface area contributed by atoms with Gasteiger partial charge in [0.2, 0.25) is 0 Å². The number of thioether (sulfide) groups is 1. The van der Waals surface area contributed by atoms with Gasteiger partial charge in [0.15, 0.2) is 6.29 Å². The Hall–Kier alpha value is -0.760. The maximum Gasteiger partial charge on any atom is 0.151 e. The van der Waals surface area contributed by atoms with Gasteiger partial charge in [0.25, 0.3) is 0 Å². The van der Waals surface area contributed by atoms with Crippen molar-refractivity contribution in [3.05, 3.63) is 29.3 Å². The van der Waals surface area contributed by atoms with E-state index in [1.165, 1.54) is 19.3 Å². The number of benzene rings is 1. The first-order chi connectivity index (χ1) is 7.27. The average Bonchev–Trinajstić information content (AvgIpc) is 2.26. The van der Waals surface area contributed by atoms with Crippen LogP contribution in [0, 0.1) is 6.92 Å². The third kappa shape index (κ3) is 4.08. The zero-order valence-electron chi connectivity index (χ0n) is 9.45. The Balaban J connectivity index is 2.56. The largest absolute Gasteiger partial charge is 0.298 e. The van der Waals surface area contributed by atoms with Gasteiger partial charge in [0.1, 0.15) is 0 Å². The van der Waals surface area contributed by atoms with Gasteiger partial charge in [-0.25, -0.2) is 0 Å². The third-order valence-electron chi connectivity index (χ3n) is 2.30. The summed E-state index contributed by atoms with van der Waals surface area (Å²) in [6.07, 6.45) is 4.70. The van der Waals surface area contributed by atoms with E-state index in [4.69, 9.17) is 0 Å². The van der Waals surface area contributed by atoms with E-state index in [-0.39, 0.29) is 0 Å². The Kier molecular flexibility index (Phi) is 5.48. The van der Waals surface area contributed by atoms with Gasteiger partial charge in [-0.05, 0) is 31.2 Å². The molecule has 1 rings (SSSR count). The molecule has 0 aliphatic rings. The summed E-state index contributed by atoms with van der Waals surface area (Å²) in [5.74, 6) is 1.11. The molecule has 0 saturated carbocycles. The Labute approximate surface area is 96.3 Å². The van der Waals surface area contributed by atoms with E-state index in [9.17, 15) is 4.79 Å². The summed E-state index contributed by atoms with van der Waals surface area (Å²) < 4.78 is 0. The molecule has 0 bridgehead atoms. The minimum Gasteiger partial charge on any atom is -0.298 e. The Morgan fingerprint density at radius 1 is 1.33 bits per heavy atom. The molecule has 0 aliphatic carbocycles. The first kappa shape index (κ1) is 12.3. The van der Waals surface area contributed by atoms with Crippen LogP contribution in [-0.4, -0.2) is 12.0 Å². The fourth-order valence-corrected chi connectivity index (χ4v) is 2.43. The number of hydrogen-bond donors (Lipinski definition) is 0. The van der Waals surface area contributed by atoms with Gasteiger partial charge >= 0.3 is 0 Å². The van der Waals surface area contributed by atoms with Crippen molar-refractivity contribution in [2.24, 2.45) is 0 Å². The van der Waals surface area contributed by atoms with Crippen LogP contribution in [-0.2, 0) is 0 Å². The SMILES string of the molecule is CCCCCSc1ccc(C)cc1C=O. The van der Waals surface area contributed by atoms with Crippen LogP contribution in [0.2, 0.25) is 0 Å². The molecule has 82 valence electrons. The summed E-state index contributed by atoms with van der Waals surface area (Å²) in [7, 11) is 0. The van der Waals surface area contributed by atoms with Gasteiger partial charge in [0.05, 0.1) is 0 Å². The third-order valence-corrected chi connectivity index (χ3v) is 3.47. The van der Waals surface area contributed by atoms with E-state index in [0.29, 0.717) is 0 Å². The molecule has 0 fully saturated rings. The predicted octanol–water partition coefficient (Wildman–Crippen LogP) is 4.09. The highest BCUT2D eigenvalue weighted by Crippen LogP contribution is 2.23. The van der Waals surface area contributed by atoms with Crippen LogP contribution in [0.15, 0.2) is 23.1 Å². The van der Waals surface area contributed by atoms with Crippen LogP contribution in [0.4, 0.5) is 0 Å². The standard InChI is InChI=1S/C13H18OS/c1-3-4-5-8-15-13-7-6-11(2)9-12(13)10-14/h6-7,9-10H,3-5,8H2,1-2H3. The lowest BCUT2D eigenvalue weighted by Crippen LogP contribution is -1.88. The Morgan fingerprint density at radius 2 is 2.13 bits per heavy atom. The maximum absolute atomic E-state index is 10.9. The number of carbonyl (C=O) groups excluding carboxylic acids is 1. The van der Waals surface area contributed by atoms with E-state index in [0.717, 1.165) is 28.1 Å². The molecule has 0 heterocycles. The number of aldehydes is 1. The van der Waals surface area contributed by atoms with Crippen molar-refractivity contribution in [1.29, 1.82) is 0 Å². The number of rotatable bonds is 6. The van der Waals surface area contributed by atoms with Crippen LogP contribution in [0.5, 0.6) is 0 Å². The summed E-state index contributed by atoms with van der Waals surface area (Å²) >= 11 is 1.79. The molecule has 15 heavy (non-hydrogen) atoms. The topological polar surface area (TPSA) is 17.1 Å². The molecule has 0 aliphatic heterocycles. The highest BCUT2D eigenvalue weighted by Gasteiger charge is 2.01. The first-order valence-electron chi connectivity index (χ1n) is 5.46. The molecular formula is C13H18OS. The molecule has 0 atom stereocenters. The molecule has 1 aromatic carbocycles. The summed E-state index contributed by atoms with van der Waals surface area (Å²) in [5, 5.41) is 0. The monoisotopic (exact) mass is 222 g/mol. The second kappa shape index (κ2) is 6.67. The number of carbonyl (C=O) groups is 1. The molecule has 0 amide bonds. The molecule has 2 heteroatoms. The molecule has 0 saturated heterocycles. The molecule has 0 unspecified atom stereocenters. The lowest BCUT2D eigenvalue weighted by molar-refractivity contribution is 0.112. The Morgan fingerprint density at radius 3 is 2.80 bits per heavy atom. The van der Waals surface area contributed by atoms with Crippen LogP contribution in [0.1, 0.15) is 42.1 Å².